The summed E-state index contributed by atoms with van der Waals surface area (Å²) in [5.41, 5.74) is 11.8. The standard InChI is InChI=1S/C20H29N3O/c1-13(2)9-20-22-21-18-11-17(12-24)14(3)10-19(18)23(20)15(4)16-7-5-6-8-16/h10-13,16,20-22H,4-9H2,1-3H3. The summed E-state index contributed by atoms with van der Waals surface area (Å²) in [4.78, 5) is 13.6. The molecule has 0 aromatic heterocycles. The molecule has 0 amide bonds. The van der Waals surface area contributed by atoms with Crippen LogP contribution in [0.4, 0.5) is 11.4 Å². The van der Waals surface area contributed by atoms with E-state index in [0.717, 1.165) is 35.2 Å². The third-order valence-electron chi connectivity index (χ3n) is 5.29. The van der Waals surface area contributed by atoms with Crippen molar-refractivity contribution in [3.63, 3.8) is 0 Å². The van der Waals surface area contributed by atoms with Crippen molar-refractivity contribution in [2.75, 3.05) is 10.3 Å². The van der Waals surface area contributed by atoms with Gasteiger partial charge in [-0.15, -0.1) is 0 Å². The second-order valence-corrected chi connectivity index (χ2v) is 7.60. The van der Waals surface area contributed by atoms with Crippen LogP contribution >= 0.6 is 0 Å². The molecule has 4 nitrogen and oxygen atoms in total. The molecule has 1 heterocycles. The van der Waals surface area contributed by atoms with Gasteiger partial charge in [0.2, 0.25) is 0 Å². The molecule has 1 atom stereocenters. The maximum absolute atomic E-state index is 11.3. The molecular weight excluding hydrogens is 298 g/mol. The van der Waals surface area contributed by atoms with Crippen molar-refractivity contribution in [3.05, 3.63) is 35.5 Å². The molecule has 2 N–H and O–H groups in total. The average molecular weight is 327 g/mol. The first-order valence-electron chi connectivity index (χ1n) is 9.10. The molecule has 1 aromatic carbocycles. The van der Waals surface area contributed by atoms with E-state index in [-0.39, 0.29) is 6.17 Å². The molecule has 4 heteroatoms. The zero-order valence-corrected chi connectivity index (χ0v) is 15.1. The van der Waals surface area contributed by atoms with E-state index in [0.29, 0.717) is 11.8 Å². The molecule has 1 unspecified atom stereocenters. The van der Waals surface area contributed by atoms with Crippen LogP contribution in [0.1, 0.15) is 61.9 Å². The Hall–Kier alpha value is -1.81. The van der Waals surface area contributed by atoms with Crippen molar-refractivity contribution < 1.29 is 4.79 Å². The summed E-state index contributed by atoms with van der Waals surface area (Å²) in [6.45, 7) is 11.0. The van der Waals surface area contributed by atoms with Crippen LogP contribution in [0.2, 0.25) is 0 Å². The number of benzene rings is 1. The van der Waals surface area contributed by atoms with Crippen LogP contribution in [0, 0.1) is 18.8 Å². The first kappa shape index (κ1) is 17.0. The number of hydrogen-bond donors (Lipinski definition) is 2. The Labute approximate surface area is 145 Å². The Morgan fingerprint density at radius 3 is 2.71 bits per heavy atom. The molecule has 0 bridgehead atoms. The lowest BCUT2D eigenvalue weighted by Gasteiger charge is -2.43. The number of anilines is 2. The highest BCUT2D eigenvalue weighted by Gasteiger charge is 2.32. The zero-order valence-electron chi connectivity index (χ0n) is 15.1. The molecule has 2 aliphatic rings. The van der Waals surface area contributed by atoms with Crippen molar-refractivity contribution in [2.24, 2.45) is 11.8 Å². The highest BCUT2D eigenvalue weighted by molar-refractivity contribution is 5.85. The first-order chi connectivity index (χ1) is 11.5. The summed E-state index contributed by atoms with van der Waals surface area (Å²) in [6, 6.07) is 4.06. The van der Waals surface area contributed by atoms with Gasteiger partial charge in [-0.05, 0) is 55.7 Å². The van der Waals surface area contributed by atoms with Gasteiger partial charge in [-0.2, -0.15) is 0 Å². The van der Waals surface area contributed by atoms with Crippen LogP contribution in [0.5, 0.6) is 0 Å². The van der Waals surface area contributed by atoms with Gasteiger partial charge in [-0.25, -0.2) is 5.43 Å². The topological polar surface area (TPSA) is 44.4 Å². The molecule has 0 saturated heterocycles. The third kappa shape index (κ3) is 3.20. The third-order valence-corrected chi connectivity index (χ3v) is 5.29. The van der Waals surface area contributed by atoms with Gasteiger partial charge in [-0.1, -0.05) is 33.3 Å². The minimum absolute atomic E-state index is 0.187. The fourth-order valence-corrected chi connectivity index (χ4v) is 3.95. The van der Waals surface area contributed by atoms with Gasteiger partial charge in [0.05, 0.1) is 11.4 Å². The number of carbonyl (C=O) groups excluding carboxylic acids is 1. The van der Waals surface area contributed by atoms with E-state index >= 15 is 0 Å². The Kier molecular flexibility index (Phi) is 4.95. The number of aldehydes is 1. The van der Waals surface area contributed by atoms with Crippen molar-refractivity contribution in [1.29, 1.82) is 0 Å². The maximum Gasteiger partial charge on any atom is 0.150 e. The smallest absolute Gasteiger partial charge is 0.150 e. The zero-order chi connectivity index (χ0) is 17.3. The maximum atomic E-state index is 11.3. The quantitative estimate of drug-likeness (QED) is 0.775. The number of carbonyl (C=O) groups is 1. The molecular formula is C20H29N3O. The van der Waals surface area contributed by atoms with Gasteiger partial charge in [0.1, 0.15) is 12.5 Å². The van der Waals surface area contributed by atoms with Crippen molar-refractivity contribution in [3.8, 4) is 0 Å². The van der Waals surface area contributed by atoms with Crippen LogP contribution in [0.25, 0.3) is 0 Å². The summed E-state index contributed by atoms with van der Waals surface area (Å²) in [6.07, 6.45) is 7.21. The van der Waals surface area contributed by atoms with E-state index in [1.165, 1.54) is 31.4 Å². The second-order valence-electron chi connectivity index (χ2n) is 7.60. The van der Waals surface area contributed by atoms with E-state index in [2.05, 4.69) is 42.2 Å². The molecule has 1 saturated carbocycles. The minimum atomic E-state index is 0.187. The number of hydrazine groups is 1. The summed E-state index contributed by atoms with van der Waals surface area (Å²) in [5, 5.41) is 0. The van der Waals surface area contributed by atoms with Crippen LogP contribution in [-0.4, -0.2) is 12.5 Å². The number of nitrogens with zero attached hydrogens (tertiary/aromatic N) is 1. The predicted octanol–water partition coefficient (Wildman–Crippen LogP) is 4.62. The molecule has 1 aliphatic carbocycles. The lowest BCUT2D eigenvalue weighted by atomic mass is 9.98. The van der Waals surface area contributed by atoms with E-state index in [1.54, 1.807) is 0 Å². The minimum Gasteiger partial charge on any atom is -0.326 e. The highest BCUT2D eigenvalue weighted by atomic mass is 16.1. The lowest BCUT2D eigenvalue weighted by Crippen LogP contribution is -2.52. The number of nitrogens with one attached hydrogen (secondary N) is 2. The fourth-order valence-electron chi connectivity index (χ4n) is 3.95. The normalized spacial score (nSPS) is 20.8. The molecule has 0 radical (unpaired) electrons. The van der Waals surface area contributed by atoms with Crippen LogP contribution < -0.4 is 15.8 Å². The van der Waals surface area contributed by atoms with E-state index in [1.807, 2.05) is 13.0 Å². The largest absolute Gasteiger partial charge is 0.326 e. The summed E-state index contributed by atoms with van der Waals surface area (Å²) in [5.74, 6) is 1.15. The van der Waals surface area contributed by atoms with Gasteiger partial charge in [0.15, 0.2) is 0 Å². The number of aryl methyl sites for hydroxylation is 1. The highest BCUT2D eigenvalue weighted by Crippen LogP contribution is 2.41. The number of rotatable bonds is 5. The van der Waals surface area contributed by atoms with Crippen LogP contribution in [-0.2, 0) is 0 Å². The Balaban J connectivity index is 2.00. The number of hydrogen-bond acceptors (Lipinski definition) is 4. The van der Waals surface area contributed by atoms with E-state index < -0.39 is 0 Å². The molecule has 1 fully saturated rings. The molecule has 1 aromatic rings. The Bertz CT molecular complexity index is 632. The first-order valence-corrected chi connectivity index (χ1v) is 9.10. The summed E-state index contributed by atoms with van der Waals surface area (Å²) >= 11 is 0. The molecule has 130 valence electrons. The Morgan fingerprint density at radius 1 is 1.38 bits per heavy atom. The average Bonchev–Trinajstić information content (AvgIpc) is 3.07. The summed E-state index contributed by atoms with van der Waals surface area (Å²) < 4.78 is 0. The monoisotopic (exact) mass is 327 g/mol. The second kappa shape index (κ2) is 6.98. The van der Waals surface area contributed by atoms with Gasteiger partial charge in [0, 0.05) is 11.3 Å². The van der Waals surface area contributed by atoms with Gasteiger partial charge in [0.25, 0.3) is 0 Å². The molecule has 0 spiro atoms. The van der Waals surface area contributed by atoms with Gasteiger partial charge in [-0.3, -0.25) is 4.79 Å². The van der Waals surface area contributed by atoms with Crippen LogP contribution in [0.3, 0.4) is 0 Å². The molecule has 1 aliphatic heterocycles. The SMILES string of the molecule is C=C(C1CCCC1)N1c2cc(C)c(C=O)cc2NNC1CC(C)C. The van der Waals surface area contributed by atoms with Crippen molar-refractivity contribution in [2.45, 2.75) is 59.0 Å². The lowest BCUT2D eigenvalue weighted by molar-refractivity contribution is 0.112. The van der Waals surface area contributed by atoms with E-state index in [9.17, 15) is 4.79 Å². The molecule has 3 rings (SSSR count). The number of fused-ring (bicyclic) bond motifs is 1. The Morgan fingerprint density at radius 2 is 2.08 bits per heavy atom. The van der Waals surface area contributed by atoms with Crippen molar-refractivity contribution >= 4 is 17.7 Å². The number of allylic oxidation sites excluding steroid dienone is 1. The van der Waals surface area contributed by atoms with Crippen LogP contribution in [0.15, 0.2) is 24.4 Å². The van der Waals surface area contributed by atoms with Gasteiger partial charge >= 0.3 is 0 Å². The van der Waals surface area contributed by atoms with Gasteiger partial charge < -0.3 is 10.3 Å². The summed E-state index contributed by atoms with van der Waals surface area (Å²) in [7, 11) is 0. The molecule has 24 heavy (non-hydrogen) atoms. The predicted molar refractivity (Wildman–Crippen MR) is 100 cm³/mol. The van der Waals surface area contributed by atoms with Crippen molar-refractivity contribution in [1.82, 2.24) is 5.43 Å². The fraction of sp³-hybridized carbons (Fsp3) is 0.550. The van der Waals surface area contributed by atoms with E-state index in [4.69, 9.17) is 0 Å².